The number of thiophene rings is 2. The maximum Gasteiger partial charge on any atom is 0.0453 e. The predicted molar refractivity (Wildman–Crippen MR) is 64.1 cm³/mol. The molecule has 1 aliphatic carbocycles. The van der Waals surface area contributed by atoms with Gasteiger partial charge in [0.15, 0.2) is 0 Å². The second kappa shape index (κ2) is 3.65. The highest BCUT2D eigenvalue weighted by molar-refractivity contribution is 7.26. The maximum absolute atomic E-state index is 3.53. The maximum atomic E-state index is 3.53. The summed E-state index contributed by atoms with van der Waals surface area (Å²) in [5, 5.41) is 5.70. The van der Waals surface area contributed by atoms with Crippen molar-refractivity contribution < 1.29 is 0 Å². The predicted octanol–water partition coefficient (Wildman–Crippen LogP) is 3.46. The quantitative estimate of drug-likeness (QED) is 0.837. The van der Waals surface area contributed by atoms with Gasteiger partial charge in [0.2, 0.25) is 0 Å². The Morgan fingerprint density at radius 1 is 1.36 bits per heavy atom. The first-order valence-electron chi connectivity index (χ1n) is 5.08. The van der Waals surface area contributed by atoms with E-state index in [1.807, 2.05) is 22.7 Å². The van der Waals surface area contributed by atoms with E-state index in [0.29, 0.717) is 0 Å². The van der Waals surface area contributed by atoms with Crippen LogP contribution >= 0.6 is 22.7 Å². The molecule has 0 aromatic carbocycles. The van der Waals surface area contributed by atoms with E-state index in [9.17, 15) is 0 Å². The van der Waals surface area contributed by atoms with Gasteiger partial charge in [-0.3, -0.25) is 0 Å². The van der Waals surface area contributed by atoms with Crippen molar-refractivity contribution in [3.8, 4) is 0 Å². The van der Waals surface area contributed by atoms with Crippen LogP contribution in [0.1, 0.15) is 17.7 Å². The van der Waals surface area contributed by atoms with Crippen LogP contribution in [0.15, 0.2) is 17.5 Å². The van der Waals surface area contributed by atoms with E-state index in [1.165, 1.54) is 33.7 Å². The molecule has 0 aliphatic heterocycles. The average molecular weight is 223 g/mol. The minimum Gasteiger partial charge on any atom is -0.312 e. The highest BCUT2D eigenvalue weighted by atomic mass is 32.1. The van der Waals surface area contributed by atoms with Crippen LogP contribution in [0.2, 0.25) is 0 Å². The lowest BCUT2D eigenvalue weighted by Crippen LogP contribution is -2.15. The Kier molecular flexibility index (Phi) is 2.32. The van der Waals surface area contributed by atoms with Gasteiger partial charge in [-0.25, -0.2) is 0 Å². The van der Waals surface area contributed by atoms with Crippen LogP contribution in [0.3, 0.4) is 0 Å². The summed E-state index contributed by atoms with van der Waals surface area (Å²) in [6.45, 7) is 2.27. The SMILES string of the molecule is c1cc2sc(CNCC3CC3)cc2s1. The highest BCUT2D eigenvalue weighted by Crippen LogP contribution is 2.30. The fourth-order valence-corrected chi connectivity index (χ4v) is 3.73. The molecule has 14 heavy (non-hydrogen) atoms. The van der Waals surface area contributed by atoms with E-state index < -0.39 is 0 Å². The summed E-state index contributed by atoms with van der Waals surface area (Å²) < 4.78 is 2.89. The van der Waals surface area contributed by atoms with Gasteiger partial charge in [-0.05, 0) is 42.8 Å². The zero-order chi connectivity index (χ0) is 9.38. The summed E-state index contributed by atoms with van der Waals surface area (Å²) in [5.74, 6) is 0.982. The Hall–Kier alpha value is -0.380. The summed E-state index contributed by atoms with van der Waals surface area (Å²) in [7, 11) is 0. The molecule has 0 amide bonds. The average Bonchev–Trinajstić information content (AvgIpc) is 2.73. The number of fused-ring (bicyclic) bond motifs is 1. The molecule has 1 N–H and O–H groups in total. The van der Waals surface area contributed by atoms with Crippen LogP contribution < -0.4 is 5.32 Å². The van der Waals surface area contributed by atoms with E-state index in [0.717, 1.165) is 12.5 Å². The van der Waals surface area contributed by atoms with Crippen LogP contribution in [0, 0.1) is 5.92 Å². The standard InChI is InChI=1S/C11H13NS2/c1-2-8(1)6-12-7-9-5-11-10(14-9)3-4-13-11/h3-5,8,12H,1-2,6-7H2. The van der Waals surface area contributed by atoms with Crippen LogP contribution in [0.5, 0.6) is 0 Å². The molecule has 2 heterocycles. The van der Waals surface area contributed by atoms with Crippen LogP contribution in [0.4, 0.5) is 0 Å². The molecule has 1 fully saturated rings. The minimum absolute atomic E-state index is 0.982. The van der Waals surface area contributed by atoms with Crippen LogP contribution in [-0.4, -0.2) is 6.54 Å². The fraction of sp³-hybridized carbons (Fsp3) is 0.455. The molecule has 1 aliphatic rings. The van der Waals surface area contributed by atoms with Crippen molar-refractivity contribution in [2.45, 2.75) is 19.4 Å². The first kappa shape index (κ1) is 8.89. The summed E-state index contributed by atoms with van der Waals surface area (Å²) >= 11 is 3.77. The van der Waals surface area contributed by atoms with Gasteiger partial charge in [0, 0.05) is 20.8 Å². The Bertz CT molecular complexity index is 397. The molecular formula is C11H13NS2. The van der Waals surface area contributed by atoms with Crippen LogP contribution in [-0.2, 0) is 6.54 Å². The Labute approximate surface area is 91.8 Å². The second-order valence-electron chi connectivity index (χ2n) is 3.94. The smallest absolute Gasteiger partial charge is 0.0453 e. The molecule has 2 aromatic rings. The molecule has 0 saturated heterocycles. The fourth-order valence-electron chi connectivity index (χ4n) is 1.62. The molecule has 1 saturated carbocycles. The molecule has 2 aromatic heterocycles. The lowest BCUT2D eigenvalue weighted by molar-refractivity contribution is 0.644. The zero-order valence-corrected chi connectivity index (χ0v) is 9.59. The normalized spacial score (nSPS) is 16.6. The van der Waals surface area contributed by atoms with Gasteiger partial charge >= 0.3 is 0 Å². The molecule has 74 valence electrons. The van der Waals surface area contributed by atoms with Gasteiger partial charge in [0.25, 0.3) is 0 Å². The molecule has 0 unspecified atom stereocenters. The van der Waals surface area contributed by atoms with Gasteiger partial charge in [-0.15, -0.1) is 22.7 Å². The van der Waals surface area contributed by atoms with E-state index in [4.69, 9.17) is 0 Å². The Balaban J connectivity index is 1.63. The lowest BCUT2D eigenvalue weighted by Gasteiger charge is -1.99. The second-order valence-corrected chi connectivity index (χ2v) is 6.05. The molecule has 3 heteroatoms. The molecular weight excluding hydrogens is 210 g/mol. The highest BCUT2D eigenvalue weighted by Gasteiger charge is 2.20. The molecule has 0 bridgehead atoms. The third kappa shape index (κ3) is 1.85. The Morgan fingerprint density at radius 3 is 3.07 bits per heavy atom. The molecule has 0 radical (unpaired) electrons. The summed E-state index contributed by atoms with van der Waals surface area (Å²) in [6, 6.07) is 4.54. The van der Waals surface area contributed by atoms with Crippen molar-refractivity contribution in [2.75, 3.05) is 6.54 Å². The molecule has 3 rings (SSSR count). The monoisotopic (exact) mass is 223 g/mol. The van der Waals surface area contributed by atoms with Gasteiger partial charge in [0.05, 0.1) is 0 Å². The third-order valence-electron chi connectivity index (χ3n) is 2.62. The first-order chi connectivity index (χ1) is 6.92. The van der Waals surface area contributed by atoms with Crippen molar-refractivity contribution in [3.63, 3.8) is 0 Å². The third-order valence-corrected chi connectivity index (χ3v) is 4.71. The van der Waals surface area contributed by atoms with Crippen molar-refractivity contribution in [1.29, 1.82) is 0 Å². The number of nitrogens with one attached hydrogen (secondary N) is 1. The van der Waals surface area contributed by atoms with Gasteiger partial charge < -0.3 is 5.32 Å². The topological polar surface area (TPSA) is 12.0 Å². The van der Waals surface area contributed by atoms with Gasteiger partial charge in [0.1, 0.15) is 0 Å². The largest absolute Gasteiger partial charge is 0.312 e. The van der Waals surface area contributed by atoms with Crippen molar-refractivity contribution in [3.05, 3.63) is 22.4 Å². The van der Waals surface area contributed by atoms with E-state index >= 15 is 0 Å². The molecule has 1 nitrogen and oxygen atoms in total. The molecule has 0 atom stereocenters. The van der Waals surface area contributed by atoms with Crippen molar-refractivity contribution >= 4 is 32.1 Å². The van der Waals surface area contributed by atoms with E-state index in [2.05, 4.69) is 22.8 Å². The van der Waals surface area contributed by atoms with Gasteiger partial charge in [-0.2, -0.15) is 0 Å². The van der Waals surface area contributed by atoms with E-state index in [-0.39, 0.29) is 0 Å². The van der Waals surface area contributed by atoms with Crippen LogP contribution in [0.25, 0.3) is 9.40 Å². The molecule has 0 spiro atoms. The lowest BCUT2D eigenvalue weighted by atomic mass is 10.4. The summed E-state index contributed by atoms with van der Waals surface area (Å²) in [4.78, 5) is 1.48. The number of hydrogen-bond acceptors (Lipinski definition) is 3. The zero-order valence-electron chi connectivity index (χ0n) is 7.95. The van der Waals surface area contributed by atoms with E-state index in [1.54, 1.807) is 0 Å². The first-order valence-corrected chi connectivity index (χ1v) is 6.78. The minimum atomic E-state index is 0.982. The van der Waals surface area contributed by atoms with Crippen molar-refractivity contribution in [1.82, 2.24) is 5.32 Å². The number of rotatable bonds is 4. The summed E-state index contributed by atoms with van der Waals surface area (Å²) in [5.41, 5.74) is 0. The number of hydrogen-bond donors (Lipinski definition) is 1. The van der Waals surface area contributed by atoms with Gasteiger partial charge in [-0.1, -0.05) is 0 Å². The summed E-state index contributed by atoms with van der Waals surface area (Å²) in [6.07, 6.45) is 2.87. The van der Waals surface area contributed by atoms with Crippen molar-refractivity contribution in [2.24, 2.45) is 5.92 Å². The Morgan fingerprint density at radius 2 is 2.29 bits per heavy atom.